The number of benzene rings is 1. The van der Waals surface area contributed by atoms with Crippen LogP contribution in [0.5, 0.6) is 11.6 Å². The van der Waals surface area contributed by atoms with Crippen LogP contribution in [-0.2, 0) is 0 Å². The van der Waals surface area contributed by atoms with Gasteiger partial charge in [0, 0.05) is 16.7 Å². The molecule has 0 amide bonds. The van der Waals surface area contributed by atoms with Crippen molar-refractivity contribution >= 4 is 45.1 Å². The molecule has 7 heteroatoms. The summed E-state index contributed by atoms with van der Waals surface area (Å²) in [5.74, 6) is -0.950. The standard InChI is InChI=1S/C12H6BrCl2NO3/c13-7-4-9(15)10(5-8(7)14)19-11-6(12(17)18)2-1-3-16-11/h1-5H,(H,17,18). The van der Waals surface area contributed by atoms with Crippen LogP contribution in [0.25, 0.3) is 0 Å². The first kappa shape index (κ1) is 14.1. The zero-order valence-corrected chi connectivity index (χ0v) is 12.3. The summed E-state index contributed by atoms with van der Waals surface area (Å²) in [6.45, 7) is 0. The summed E-state index contributed by atoms with van der Waals surface area (Å²) < 4.78 is 6.02. The SMILES string of the molecule is O=C(O)c1cccnc1Oc1cc(Cl)c(Br)cc1Cl. The molecular formula is C12H6BrCl2NO3. The van der Waals surface area contributed by atoms with Gasteiger partial charge in [-0.15, -0.1) is 0 Å². The molecule has 0 radical (unpaired) electrons. The maximum absolute atomic E-state index is 11.0. The van der Waals surface area contributed by atoms with Crippen LogP contribution < -0.4 is 4.74 Å². The average molecular weight is 363 g/mol. The fourth-order valence-electron chi connectivity index (χ4n) is 1.32. The number of carbonyl (C=O) groups is 1. The lowest BCUT2D eigenvalue weighted by molar-refractivity contribution is 0.0693. The molecule has 0 atom stereocenters. The van der Waals surface area contributed by atoms with Gasteiger partial charge in [0.25, 0.3) is 0 Å². The Bertz CT molecular complexity index is 649. The number of rotatable bonds is 3. The van der Waals surface area contributed by atoms with Gasteiger partial charge in [0.1, 0.15) is 11.3 Å². The molecule has 1 aromatic heterocycles. The number of carboxylic acids is 1. The highest BCUT2D eigenvalue weighted by molar-refractivity contribution is 9.10. The Morgan fingerprint density at radius 1 is 1.32 bits per heavy atom. The third-order valence-electron chi connectivity index (χ3n) is 2.18. The number of carboxylic acid groups (broad SMARTS) is 1. The van der Waals surface area contributed by atoms with Crippen molar-refractivity contribution < 1.29 is 14.6 Å². The molecule has 19 heavy (non-hydrogen) atoms. The van der Waals surface area contributed by atoms with E-state index in [4.69, 9.17) is 33.0 Å². The van der Waals surface area contributed by atoms with E-state index in [1.807, 2.05) is 0 Å². The van der Waals surface area contributed by atoms with E-state index in [1.54, 1.807) is 6.07 Å². The Morgan fingerprint density at radius 3 is 2.74 bits per heavy atom. The largest absolute Gasteiger partial charge is 0.477 e. The number of hydrogen-bond acceptors (Lipinski definition) is 3. The number of hydrogen-bond donors (Lipinski definition) is 1. The fourth-order valence-corrected chi connectivity index (χ4v) is 2.15. The van der Waals surface area contributed by atoms with Crippen molar-refractivity contribution in [1.82, 2.24) is 4.98 Å². The van der Waals surface area contributed by atoms with Gasteiger partial charge in [-0.1, -0.05) is 23.2 Å². The Morgan fingerprint density at radius 2 is 2.05 bits per heavy atom. The lowest BCUT2D eigenvalue weighted by Crippen LogP contribution is -2.01. The molecule has 0 bridgehead atoms. The van der Waals surface area contributed by atoms with E-state index in [9.17, 15) is 4.79 Å². The van der Waals surface area contributed by atoms with Gasteiger partial charge in [0.05, 0.1) is 10.0 Å². The van der Waals surface area contributed by atoms with Crippen LogP contribution in [-0.4, -0.2) is 16.1 Å². The first-order chi connectivity index (χ1) is 8.99. The first-order valence-electron chi connectivity index (χ1n) is 4.99. The fraction of sp³-hybridized carbons (Fsp3) is 0. The second-order valence-corrected chi connectivity index (χ2v) is 5.13. The molecule has 0 fully saturated rings. The van der Waals surface area contributed by atoms with Crippen LogP contribution in [0.3, 0.4) is 0 Å². The van der Waals surface area contributed by atoms with Crippen LogP contribution >= 0.6 is 39.1 Å². The van der Waals surface area contributed by atoms with E-state index in [-0.39, 0.29) is 17.2 Å². The maximum atomic E-state index is 11.0. The van der Waals surface area contributed by atoms with Crippen molar-refractivity contribution in [3.8, 4) is 11.6 Å². The predicted octanol–water partition coefficient (Wildman–Crippen LogP) is 4.64. The summed E-state index contributed by atoms with van der Waals surface area (Å²) in [6, 6.07) is 5.93. The third-order valence-corrected chi connectivity index (χ3v) is 3.68. The zero-order valence-electron chi connectivity index (χ0n) is 9.23. The molecule has 1 heterocycles. The van der Waals surface area contributed by atoms with Gasteiger partial charge in [0.15, 0.2) is 0 Å². The van der Waals surface area contributed by atoms with Gasteiger partial charge < -0.3 is 9.84 Å². The van der Waals surface area contributed by atoms with Gasteiger partial charge in [-0.05, 0) is 34.1 Å². The predicted molar refractivity (Wildman–Crippen MR) is 75.4 cm³/mol. The topological polar surface area (TPSA) is 59.4 Å². The summed E-state index contributed by atoms with van der Waals surface area (Å²) in [6.07, 6.45) is 1.43. The van der Waals surface area contributed by atoms with Crippen molar-refractivity contribution in [2.24, 2.45) is 0 Å². The normalized spacial score (nSPS) is 10.3. The molecule has 0 saturated heterocycles. The average Bonchev–Trinajstić information content (AvgIpc) is 2.36. The second-order valence-electron chi connectivity index (χ2n) is 3.46. The second kappa shape index (κ2) is 5.77. The highest BCUT2D eigenvalue weighted by atomic mass is 79.9. The minimum absolute atomic E-state index is 0.0460. The molecule has 2 aromatic rings. The maximum Gasteiger partial charge on any atom is 0.341 e. The molecule has 1 aromatic carbocycles. The number of nitrogens with zero attached hydrogens (tertiary/aromatic N) is 1. The summed E-state index contributed by atoms with van der Waals surface area (Å²) >= 11 is 15.1. The summed E-state index contributed by atoms with van der Waals surface area (Å²) in [4.78, 5) is 14.9. The molecule has 0 aliphatic heterocycles. The van der Waals surface area contributed by atoms with Crippen LogP contribution in [0.4, 0.5) is 0 Å². The highest BCUT2D eigenvalue weighted by Crippen LogP contribution is 2.36. The van der Waals surface area contributed by atoms with Gasteiger partial charge in [-0.25, -0.2) is 9.78 Å². The monoisotopic (exact) mass is 361 g/mol. The van der Waals surface area contributed by atoms with Gasteiger partial charge in [-0.3, -0.25) is 0 Å². The van der Waals surface area contributed by atoms with E-state index in [0.717, 1.165) is 0 Å². The molecule has 0 unspecified atom stereocenters. The summed E-state index contributed by atoms with van der Waals surface area (Å²) in [5, 5.41) is 9.71. The van der Waals surface area contributed by atoms with Crippen LogP contribution in [0.2, 0.25) is 10.0 Å². The highest BCUT2D eigenvalue weighted by Gasteiger charge is 2.15. The number of pyridine rings is 1. The Hall–Kier alpha value is -1.30. The molecule has 0 aliphatic rings. The molecule has 0 spiro atoms. The quantitative estimate of drug-likeness (QED) is 0.808. The van der Waals surface area contributed by atoms with Crippen LogP contribution in [0.15, 0.2) is 34.9 Å². The lowest BCUT2D eigenvalue weighted by atomic mass is 10.3. The Balaban J connectivity index is 2.42. The molecule has 0 aliphatic carbocycles. The minimum atomic E-state index is -1.14. The van der Waals surface area contributed by atoms with E-state index in [1.165, 1.54) is 24.4 Å². The number of aromatic carboxylic acids is 1. The molecule has 0 saturated carbocycles. The Labute approximate surface area is 127 Å². The van der Waals surface area contributed by atoms with Gasteiger partial charge >= 0.3 is 5.97 Å². The van der Waals surface area contributed by atoms with Crippen molar-refractivity contribution in [2.45, 2.75) is 0 Å². The molecule has 1 N–H and O–H groups in total. The number of halogens is 3. The smallest absolute Gasteiger partial charge is 0.341 e. The van der Waals surface area contributed by atoms with Crippen LogP contribution in [0.1, 0.15) is 10.4 Å². The number of aromatic nitrogens is 1. The van der Waals surface area contributed by atoms with Gasteiger partial charge in [0.2, 0.25) is 5.88 Å². The summed E-state index contributed by atoms with van der Waals surface area (Å²) in [5.41, 5.74) is -0.0578. The van der Waals surface area contributed by atoms with Gasteiger partial charge in [-0.2, -0.15) is 0 Å². The van der Waals surface area contributed by atoms with Crippen molar-refractivity contribution in [1.29, 1.82) is 0 Å². The summed E-state index contributed by atoms with van der Waals surface area (Å²) in [7, 11) is 0. The van der Waals surface area contributed by atoms with E-state index in [0.29, 0.717) is 14.5 Å². The molecule has 2 rings (SSSR count). The van der Waals surface area contributed by atoms with Crippen molar-refractivity contribution in [2.75, 3.05) is 0 Å². The first-order valence-corrected chi connectivity index (χ1v) is 6.54. The molecule has 4 nitrogen and oxygen atoms in total. The minimum Gasteiger partial charge on any atom is -0.477 e. The number of ether oxygens (including phenoxy) is 1. The van der Waals surface area contributed by atoms with Crippen molar-refractivity contribution in [3.63, 3.8) is 0 Å². The molecule has 98 valence electrons. The van der Waals surface area contributed by atoms with Crippen LogP contribution in [0, 0.1) is 0 Å². The molecular weight excluding hydrogens is 357 g/mol. The van der Waals surface area contributed by atoms with Crippen molar-refractivity contribution in [3.05, 3.63) is 50.5 Å². The Kier molecular flexibility index (Phi) is 4.29. The van der Waals surface area contributed by atoms with E-state index in [2.05, 4.69) is 20.9 Å². The van der Waals surface area contributed by atoms with E-state index >= 15 is 0 Å². The third kappa shape index (κ3) is 3.18. The lowest BCUT2D eigenvalue weighted by Gasteiger charge is -2.09. The zero-order chi connectivity index (χ0) is 14.0. The van der Waals surface area contributed by atoms with E-state index < -0.39 is 5.97 Å².